The minimum absolute atomic E-state index is 0.0394. The highest BCUT2D eigenvalue weighted by molar-refractivity contribution is 6.00. The molecule has 1 aromatic heterocycles. The summed E-state index contributed by atoms with van der Waals surface area (Å²) in [6.45, 7) is 0.947. The van der Waals surface area contributed by atoms with E-state index in [-0.39, 0.29) is 24.6 Å². The lowest BCUT2D eigenvalue weighted by Crippen LogP contribution is -2.48. The van der Waals surface area contributed by atoms with Crippen LogP contribution in [0.2, 0.25) is 0 Å². The van der Waals surface area contributed by atoms with Crippen LogP contribution in [-0.2, 0) is 10.5 Å². The number of nitrogens with one attached hydrogen (secondary N) is 2. The molecule has 2 aromatic carbocycles. The van der Waals surface area contributed by atoms with Gasteiger partial charge in [0.15, 0.2) is 5.72 Å². The Balaban J connectivity index is 1.58. The maximum absolute atomic E-state index is 13.2. The summed E-state index contributed by atoms with van der Waals surface area (Å²) < 4.78 is 10.8. The van der Waals surface area contributed by atoms with Gasteiger partial charge in [-0.3, -0.25) is 9.69 Å². The van der Waals surface area contributed by atoms with Crippen molar-refractivity contribution < 1.29 is 24.2 Å². The van der Waals surface area contributed by atoms with Crippen molar-refractivity contribution in [3.63, 3.8) is 0 Å². The highest BCUT2D eigenvalue weighted by atomic mass is 16.6. The number of H-pyrrole nitrogens is 1. The molecule has 5 rings (SSSR count). The number of ether oxygens (including phenoxy) is 2. The number of carbonyl (C=O) groups excluding carboxylic acids is 2. The lowest BCUT2D eigenvalue weighted by molar-refractivity contribution is -0.0673. The van der Waals surface area contributed by atoms with Crippen molar-refractivity contribution in [3.8, 4) is 6.01 Å². The molecule has 0 bridgehead atoms. The van der Waals surface area contributed by atoms with Crippen LogP contribution >= 0.6 is 0 Å². The predicted octanol–water partition coefficient (Wildman–Crippen LogP) is 2.11. The number of hydrogen-bond donors (Lipinski definition) is 3. The number of fused-ring (bicyclic) bond motifs is 2. The molecule has 9 heteroatoms. The quantitative estimate of drug-likeness (QED) is 0.593. The van der Waals surface area contributed by atoms with Gasteiger partial charge in [-0.1, -0.05) is 24.3 Å². The lowest BCUT2D eigenvalue weighted by atomic mass is 9.93. The molecule has 0 spiro atoms. The van der Waals surface area contributed by atoms with Gasteiger partial charge in [-0.05, 0) is 31.0 Å². The Hall–Kier alpha value is -3.43. The summed E-state index contributed by atoms with van der Waals surface area (Å²) in [5, 5.41) is 14.3. The van der Waals surface area contributed by atoms with Gasteiger partial charge in [0.25, 0.3) is 5.91 Å². The standard InChI is InChI=1S/C22H22N4O5/c1-23-21(28)31-20-24-17-9-8-13(11-18(17)25-20)22(29)16-7-3-2-6-15(16)19(27)26(22)12-14-5-4-10-30-14/h2-3,6-9,11,14,29H,4-5,10,12H2,1H3,(H,23,28)(H,24,25). The van der Waals surface area contributed by atoms with Gasteiger partial charge in [-0.2, -0.15) is 4.98 Å². The van der Waals surface area contributed by atoms with Crippen LogP contribution in [0.5, 0.6) is 6.01 Å². The molecule has 3 N–H and O–H groups in total. The molecule has 2 unspecified atom stereocenters. The lowest BCUT2D eigenvalue weighted by Gasteiger charge is -2.36. The van der Waals surface area contributed by atoms with Crippen LogP contribution in [0.15, 0.2) is 42.5 Å². The van der Waals surface area contributed by atoms with E-state index in [0.29, 0.717) is 34.3 Å². The van der Waals surface area contributed by atoms with E-state index in [0.717, 1.165) is 12.8 Å². The maximum atomic E-state index is 13.2. The van der Waals surface area contributed by atoms with Gasteiger partial charge in [0.2, 0.25) is 0 Å². The fourth-order valence-electron chi connectivity index (χ4n) is 4.32. The first kappa shape index (κ1) is 19.5. The fourth-order valence-corrected chi connectivity index (χ4v) is 4.32. The van der Waals surface area contributed by atoms with Gasteiger partial charge in [0.05, 0.1) is 23.7 Å². The molecule has 2 aliphatic heterocycles. The van der Waals surface area contributed by atoms with Crippen molar-refractivity contribution in [3.05, 3.63) is 59.2 Å². The van der Waals surface area contributed by atoms with Crippen molar-refractivity contribution in [2.24, 2.45) is 0 Å². The first-order valence-electron chi connectivity index (χ1n) is 10.2. The van der Waals surface area contributed by atoms with Gasteiger partial charge < -0.3 is 24.9 Å². The summed E-state index contributed by atoms with van der Waals surface area (Å²) >= 11 is 0. The summed E-state index contributed by atoms with van der Waals surface area (Å²) in [5.41, 5.74) is 0.982. The number of rotatable bonds is 4. The number of amides is 2. The molecule has 1 fully saturated rings. The first-order valence-corrected chi connectivity index (χ1v) is 10.2. The number of aliphatic hydroxyl groups is 1. The van der Waals surface area contributed by atoms with E-state index in [1.54, 1.807) is 42.5 Å². The molecule has 0 saturated carbocycles. The van der Waals surface area contributed by atoms with Gasteiger partial charge >= 0.3 is 12.1 Å². The minimum Gasteiger partial charge on any atom is -0.376 e. The van der Waals surface area contributed by atoms with Crippen molar-refractivity contribution in [1.82, 2.24) is 20.2 Å². The Morgan fingerprint density at radius 2 is 2.23 bits per heavy atom. The molecule has 3 heterocycles. The van der Waals surface area contributed by atoms with Crippen LogP contribution in [0.25, 0.3) is 11.0 Å². The number of nitrogens with zero attached hydrogens (tertiary/aromatic N) is 2. The van der Waals surface area contributed by atoms with E-state index in [1.807, 2.05) is 0 Å². The zero-order valence-corrected chi connectivity index (χ0v) is 16.9. The number of carbonyl (C=O) groups is 2. The summed E-state index contributed by atoms with van der Waals surface area (Å²) in [4.78, 5) is 33.3. The monoisotopic (exact) mass is 422 g/mol. The molecule has 2 amide bonds. The molecule has 160 valence electrons. The molecule has 3 aromatic rings. The zero-order valence-electron chi connectivity index (χ0n) is 16.9. The molecule has 2 atom stereocenters. The molecule has 2 aliphatic rings. The largest absolute Gasteiger partial charge is 0.414 e. The average molecular weight is 422 g/mol. The zero-order chi connectivity index (χ0) is 21.6. The highest BCUT2D eigenvalue weighted by Crippen LogP contribution is 2.43. The number of imidazole rings is 1. The third kappa shape index (κ3) is 3.13. The summed E-state index contributed by atoms with van der Waals surface area (Å²) in [6, 6.07) is 12.3. The van der Waals surface area contributed by atoms with Crippen molar-refractivity contribution in [2.45, 2.75) is 24.7 Å². The predicted molar refractivity (Wildman–Crippen MR) is 111 cm³/mol. The van der Waals surface area contributed by atoms with Crippen LogP contribution in [0.4, 0.5) is 4.79 Å². The van der Waals surface area contributed by atoms with E-state index in [4.69, 9.17) is 9.47 Å². The smallest absolute Gasteiger partial charge is 0.376 e. The second kappa shape index (κ2) is 7.36. The van der Waals surface area contributed by atoms with Gasteiger partial charge in [0.1, 0.15) is 0 Å². The van der Waals surface area contributed by atoms with Crippen LogP contribution in [0, 0.1) is 0 Å². The fraction of sp³-hybridized carbons (Fsp3) is 0.318. The van der Waals surface area contributed by atoms with E-state index >= 15 is 0 Å². The topological polar surface area (TPSA) is 117 Å². The SMILES string of the molecule is CNC(=O)Oc1nc2ccc(C3(O)c4ccccc4C(=O)N3CC3CCCO3)cc2[nH]1. The molecule has 0 aliphatic carbocycles. The Morgan fingerprint density at radius 3 is 3.00 bits per heavy atom. The third-order valence-corrected chi connectivity index (χ3v) is 5.84. The molecular formula is C22H22N4O5. The first-order chi connectivity index (χ1) is 15.0. The highest BCUT2D eigenvalue weighted by Gasteiger charge is 2.50. The molecular weight excluding hydrogens is 400 g/mol. The van der Waals surface area contributed by atoms with Crippen LogP contribution in [0.3, 0.4) is 0 Å². The molecule has 31 heavy (non-hydrogen) atoms. The number of benzene rings is 2. The minimum atomic E-state index is -1.65. The second-order valence-corrected chi connectivity index (χ2v) is 7.68. The summed E-state index contributed by atoms with van der Waals surface area (Å²) in [7, 11) is 1.45. The van der Waals surface area contributed by atoms with Crippen LogP contribution in [0.1, 0.15) is 34.3 Å². The normalized spacial score (nSPS) is 22.7. The summed E-state index contributed by atoms with van der Waals surface area (Å²) in [5.74, 6) is -0.234. The van der Waals surface area contributed by atoms with E-state index < -0.39 is 11.8 Å². The molecule has 1 saturated heterocycles. The maximum Gasteiger partial charge on any atom is 0.414 e. The summed E-state index contributed by atoms with van der Waals surface area (Å²) in [6.07, 6.45) is 1.02. The Kier molecular flexibility index (Phi) is 4.64. The van der Waals surface area contributed by atoms with Gasteiger partial charge in [0, 0.05) is 30.3 Å². The van der Waals surface area contributed by atoms with Crippen LogP contribution < -0.4 is 10.1 Å². The average Bonchev–Trinajstić information content (AvgIpc) is 3.49. The van der Waals surface area contributed by atoms with E-state index in [1.165, 1.54) is 11.9 Å². The Bertz CT molecular complexity index is 1170. The van der Waals surface area contributed by atoms with E-state index in [2.05, 4.69) is 15.3 Å². The number of aromatic nitrogens is 2. The molecule has 9 nitrogen and oxygen atoms in total. The van der Waals surface area contributed by atoms with Crippen molar-refractivity contribution in [2.75, 3.05) is 20.2 Å². The Morgan fingerprint density at radius 1 is 1.39 bits per heavy atom. The second-order valence-electron chi connectivity index (χ2n) is 7.68. The Labute approximate surface area is 178 Å². The third-order valence-electron chi connectivity index (χ3n) is 5.84. The van der Waals surface area contributed by atoms with E-state index in [9.17, 15) is 14.7 Å². The van der Waals surface area contributed by atoms with Crippen molar-refractivity contribution in [1.29, 1.82) is 0 Å². The van der Waals surface area contributed by atoms with Gasteiger partial charge in [-0.25, -0.2) is 4.79 Å². The number of aromatic amines is 1. The van der Waals surface area contributed by atoms with Crippen molar-refractivity contribution >= 4 is 23.0 Å². The van der Waals surface area contributed by atoms with Crippen LogP contribution in [-0.4, -0.2) is 58.3 Å². The number of hydrogen-bond acceptors (Lipinski definition) is 6. The molecule has 0 radical (unpaired) electrons. The van der Waals surface area contributed by atoms with Gasteiger partial charge in [-0.15, -0.1) is 0 Å².